The lowest BCUT2D eigenvalue weighted by Gasteiger charge is -2.28. The maximum atomic E-state index is 12.6. The van der Waals surface area contributed by atoms with Crippen LogP contribution >= 0.6 is 0 Å². The zero-order valence-electron chi connectivity index (χ0n) is 7.03. The van der Waals surface area contributed by atoms with Gasteiger partial charge in [0.25, 0.3) is 0 Å². The molecule has 0 aliphatic rings. The van der Waals surface area contributed by atoms with E-state index in [1.54, 1.807) is 6.92 Å². The SMILES string of the molecule is CC(F)C(C)C(C)(C)C. The van der Waals surface area contributed by atoms with Crippen LogP contribution in [0.1, 0.15) is 34.6 Å². The summed E-state index contributed by atoms with van der Waals surface area (Å²) >= 11 is 0. The lowest BCUT2D eigenvalue weighted by atomic mass is 9.80. The molecule has 0 saturated heterocycles. The summed E-state index contributed by atoms with van der Waals surface area (Å²) in [5, 5.41) is 0. The highest BCUT2D eigenvalue weighted by atomic mass is 19.1. The van der Waals surface area contributed by atoms with E-state index in [1.165, 1.54) is 0 Å². The molecule has 2 unspecified atom stereocenters. The van der Waals surface area contributed by atoms with Gasteiger partial charge >= 0.3 is 0 Å². The zero-order valence-corrected chi connectivity index (χ0v) is 7.03. The van der Waals surface area contributed by atoms with Crippen LogP contribution in [-0.2, 0) is 0 Å². The van der Waals surface area contributed by atoms with E-state index in [9.17, 15) is 4.39 Å². The fraction of sp³-hybridized carbons (Fsp3) is 1.00. The van der Waals surface area contributed by atoms with Gasteiger partial charge < -0.3 is 0 Å². The van der Waals surface area contributed by atoms with Crippen molar-refractivity contribution in [3.8, 4) is 0 Å². The highest BCUT2D eigenvalue weighted by molar-refractivity contribution is 4.73. The minimum atomic E-state index is -0.690. The van der Waals surface area contributed by atoms with Gasteiger partial charge in [-0.15, -0.1) is 0 Å². The summed E-state index contributed by atoms with van der Waals surface area (Å²) in [4.78, 5) is 0. The summed E-state index contributed by atoms with van der Waals surface area (Å²) < 4.78 is 12.6. The lowest BCUT2D eigenvalue weighted by Crippen LogP contribution is -2.24. The van der Waals surface area contributed by atoms with E-state index >= 15 is 0 Å². The van der Waals surface area contributed by atoms with Crippen LogP contribution in [0.4, 0.5) is 4.39 Å². The maximum absolute atomic E-state index is 12.6. The lowest BCUT2D eigenvalue weighted by molar-refractivity contribution is 0.144. The van der Waals surface area contributed by atoms with E-state index in [4.69, 9.17) is 0 Å². The molecule has 1 heteroatoms. The van der Waals surface area contributed by atoms with E-state index in [-0.39, 0.29) is 11.3 Å². The summed E-state index contributed by atoms with van der Waals surface area (Å²) in [7, 11) is 0. The minimum absolute atomic E-state index is 0.105. The molecule has 0 rings (SSSR count). The molecule has 0 aliphatic carbocycles. The van der Waals surface area contributed by atoms with Gasteiger partial charge in [0.15, 0.2) is 0 Å². The molecule has 0 aliphatic heterocycles. The van der Waals surface area contributed by atoms with Crippen LogP contribution in [0.5, 0.6) is 0 Å². The largest absolute Gasteiger partial charge is 0.247 e. The van der Waals surface area contributed by atoms with Crippen LogP contribution in [0.2, 0.25) is 0 Å². The Bertz CT molecular complexity index is 79.1. The minimum Gasteiger partial charge on any atom is -0.247 e. The monoisotopic (exact) mass is 132 g/mol. The molecule has 56 valence electrons. The van der Waals surface area contributed by atoms with Crippen molar-refractivity contribution in [2.24, 2.45) is 11.3 Å². The van der Waals surface area contributed by atoms with E-state index in [0.29, 0.717) is 0 Å². The van der Waals surface area contributed by atoms with Gasteiger partial charge in [-0.25, -0.2) is 4.39 Å². The van der Waals surface area contributed by atoms with Gasteiger partial charge in [-0.3, -0.25) is 0 Å². The van der Waals surface area contributed by atoms with Gasteiger partial charge in [-0.2, -0.15) is 0 Å². The summed E-state index contributed by atoms with van der Waals surface area (Å²) in [6.07, 6.45) is -0.690. The maximum Gasteiger partial charge on any atom is 0.100 e. The van der Waals surface area contributed by atoms with Crippen LogP contribution in [0, 0.1) is 11.3 Å². The molecule has 0 fully saturated rings. The van der Waals surface area contributed by atoms with Crippen LogP contribution < -0.4 is 0 Å². The highest BCUT2D eigenvalue weighted by Crippen LogP contribution is 2.29. The predicted molar refractivity (Wildman–Crippen MR) is 39.2 cm³/mol. The molecule has 2 atom stereocenters. The van der Waals surface area contributed by atoms with Gasteiger partial charge in [-0.05, 0) is 18.3 Å². The Labute approximate surface area is 57.5 Å². The molecular weight excluding hydrogens is 115 g/mol. The van der Waals surface area contributed by atoms with Gasteiger partial charge in [0.1, 0.15) is 6.17 Å². The van der Waals surface area contributed by atoms with E-state index < -0.39 is 6.17 Å². The molecule has 0 radical (unpaired) electrons. The summed E-state index contributed by atoms with van der Waals surface area (Å²) in [6.45, 7) is 9.76. The van der Waals surface area contributed by atoms with Gasteiger partial charge in [0.05, 0.1) is 0 Å². The summed E-state index contributed by atoms with van der Waals surface area (Å²) in [5.41, 5.74) is 0.105. The smallest absolute Gasteiger partial charge is 0.100 e. The Kier molecular flexibility index (Phi) is 2.66. The number of hydrogen-bond donors (Lipinski definition) is 0. The first kappa shape index (κ1) is 8.93. The van der Waals surface area contributed by atoms with Gasteiger partial charge in [0.2, 0.25) is 0 Å². The van der Waals surface area contributed by atoms with Crippen LogP contribution in [-0.4, -0.2) is 6.17 Å². The fourth-order valence-corrected chi connectivity index (χ4v) is 0.689. The second-order valence-electron chi connectivity index (χ2n) is 3.83. The second kappa shape index (κ2) is 2.68. The van der Waals surface area contributed by atoms with Crippen LogP contribution in [0.15, 0.2) is 0 Å². The van der Waals surface area contributed by atoms with Crippen molar-refractivity contribution >= 4 is 0 Å². The van der Waals surface area contributed by atoms with Gasteiger partial charge in [-0.1, -0.05) is 27.7 Å². The van der Waals surface area contributed by atoms with Crippen LogP contribution in [0.25, 0.3) is 0 Å². The molecule has 0 saturated carbocycles. The Morgan fingerprint density at radius 1 is 1.11 bits per heavy atom. The Balaban J connectivity index is 3.88. The zero-order chi connectivity index (χ0) is 7.65. The van der Waals surface area contributed by atoms with Gasteiger partial charge in [0, 0.05) is 0 Å². The van der Waals surface area contributed by atoms with Crippen LogP contribution in [0.3, 0.4) is 0 Å². The Morgan fingerprint density at radius 2 is 1.44 bits per heavy atom. The molecule has 9 heavy (non-hydrogen) atoms. The molecule has 0 N–H and O–H groups in total. The van der Waals surface area contributed by atoms with Crippen molar-refractivity contribution in [2.75, 3.05) is 0 Å². The van der Waals surface area contributed by atoms with Crippen molar-refractivity contribution in [3.05, 3.63) is 0 Å². The molecule has 0 bridgehead atoms. The second-order valence-corrected chi connectivity index (χ2v) is 3.83. The summed E-state index contributed by atoms with van der Waals surface area (Å²) in [6, 6.07) is 0. The number of alkyl halides is 1. The van der Waals surface area contributed by atoms with E-state index in [1.807, 2.05) is 6.92 Å². The third kappa shape index (κ3) is 2.83. The predicted octanol–water partition coefficient (Wildman–Crippen LogP) is 3.03. The van der Waals surface area contributed by atoms with Crippen molar-refractivity contribution < 1.29 is 4.39 Å². The Morgan fingerprint density at radius 3 is 1.44 bits per heavy atom. The molecule has 0 nitrogen and oxygen atoms in total. The average Bonchev–Trinajstić information content (AvgIpc) is 1.62. The molecule has 0 aromatic carbocycles. The molecule has 0 aromatic heterocycles. The molecule has 0 aromatic rings. The van der Waals surface area contributed by atoms with Crippen molar-refractivity contribution in [3.63, 3.8) is 0 Å². The molecular formula is C8H17F. The van der Waals surface area contributed by atoms with Crippen molar-refractivity contribution in [1.82, 2.24) is 0 Å². The fourth-order valence-electron chi connectivity index (χ4n) is 0.689. The normalized spacial score (nSPS) is 19.3. The third-order valence-electron chi connectivity index (χ3n) is 2.06. The number of hydrogen-bond acceptors (Lipinski definition) is 0. The standard InChI is InChI=1S/C8H17F/c1-6(7(2)9)8(3,4)5/h6-7H,1-5H3. The first-order valence-corrected chi connectivity index (χ1v) is 3.49. The van der Waals surface area contributed by atoms with Crippen molar-refractivity contribution in [1.29, 1.82) is 0 Å². The third-order valence-corrected chi connectivity index (χ3v) is 2.06. The molecule has 0 heterocycles. The van der Waals surface area contributed by atoms with Crippen molar-refractivity contribution in [2.45, 2.75) is 40.8 Å². The summed E-state index contributed by atoms with van der Waals surface area (Å²) in [5.74, 6) is 0.150. The number of rotatable bonds is 1. The molecule has 0 amide bonds. The topological polar surface area (TPSA) is 0 Å². The quantitative estimate of drug-likeness (QED) is 0.514. The van der Waals surface area contributed by atoms with E-state index in [2.05, 4.69) is 20.8 Å². The highest BCUT2D eigenvalue weighted by Gasteiger charge is 2.24. The molecule has 0 spiro atoms. The van der Waals surface area contributed by atoms with E-state index in [0.717, 1.165) is 0 Å². The Hall–Kier alpha value is -0.0700. The number of halogens is 1. The first-order valence-electron chi connectivity index (χ1n) is 3.49. The average molecular weight is 132 g/mol. The first-order chi connectivity index (χ1) is 3.85.